The van der Waals surface area contributed by atoms with Crippen molar-refractivity contribution in [2.24, 2.45) is 0 Å². The molecule has 7 heteroatoms. The number of aryl methyl sites for hydroxylation is 6. The fraction of sp³-hybridized carbons (Fsp3) is 0.312. The number of benzene rings is 2. The molecule has 0 fully saturated rings. The van der Waals surface area contributed by atoms with Gasteiger partial charge in [0.2, 0.25) is 0 Å². The summed E-state index contributed by atoms with van der Waals surface area (Å²) in [5, 5.41) is 0. The molecule has 0 aliphatic carbocycles. The van der Waals surface area contributed by atoms with Gasteiger partial charge in [-0.15, -0.1) is 0 Å². The maximum atomic E-state index is 8.52. The molecule has 0 bridgehead atoms. The fourth-order valence-corrected chi connectivity index (χ4v) is 4.30. The molecule has 208 valence electrons. The van der Waals surface area contributed by atoms with Crippen LogP contribution >= 0.6 is 0 Å². The van der Waals surface area contributed by atoms with E-state index in [1.165, 1.54) is 35.4 Å². The Morgan fingerprint density at radius 2 is 0.897 bits per heavy atom. The van der Waals surface area contributed by atoms with Gasteiger partial charge in [0.1, 0.15) is 13.1 Å². The normalized spacial score (nSPS) is 10.6. The standard InChI is InChI=1S/2C16H20N.H2O4S/c2*1-2-16-12-6-7-13-17(16)14-8-11-15-9-4-3-5-10-15;1-5(2,3)4/h2*3-7,9-10,12-13H,2,8,11,14H2,1H3;(H2,1,2,3,4)/q2*+1;/p-2. The average molecular weight is 549 g/mol. The Kier molecular flexibility index (Phi) is 14.7. The molecule has 0 saturated carbocycles. The Balaban J connectivity index is 0.000000234. The second-order valence-electron chi connectivity index (χ2n) is 9.06. The minimum atomic E-state index is -5.17. The van der Waals surface area contributed by atoms with Crippen LogP contribution < -0.4 is 9.13 Å². The van der Waals surface area contributed by atoms with Crippen molar-refractivity contribution in [1.29, 1.82) is 0 Å². The predicted octanol–water partition coefficient (Wildman–Crippen LogP) is 5.00. The summed E-state index contributed by atoms with van der Waals surface area (Å²) in [5.74, 6) is 0. The van der Waals surface area contributed by atoms with E-state index in [9.17, 15) is 0 Å². The molecule has 2 aromatic carbocycles. The number of pyridine rings is 2. The van der Waals surface area contributed by atoms with Crippen LogP contribution in [0.5, 0.6) is 0 Å². The summed E-state index contributed by atoms with van der Waals surface area (Å²) in [6, 6.07) is 34.3. The summed E-state index contributed by atoms with van der Waals surface area (Å²) in [6.45, 7) is 6.64. The lowest BCUT2D eigenvalue weighted by molar-refractivity contribution is -0.704. The Hall–Kier alpha value is -3.39. The van der Waals surface area contributed by atoms with Crippen molar-refractivity contribution < 1.29 is 26.7 Å². The van der Waals surface area contributed by atoms with Gasteiger partial charge in [-0.2, -0.15) is 0 Å². The van der Waals surface area contributed by atoms with Gasteiger partial charge in [-0.05, 0) is 24.0 Å². The number of hydrogen-bond acceptors (Lipinski definition) is 4. The molecule has 0 radical (unpaired) electrons. The third kappa shape index (κ3) is 14.4. The Labute approximate surface area is 234 Å². The first-order valence-corrected chi connectivity index (χ1v) is 14.8. The summed E-state index contributed by atoms with van der Waals surface area (Å²) in [4.78, 5) is 0. The van der Waals surface area contributed by atoms with Crippen LogP contribution in [0.1, 0.15) is 49.2 Å². The van der Waals surface area contributed by atoms with E-state index in [0.29, 0.717) is 0 Å². The summed E-state index contributed by atoms with van der Waals surface area (Å²) < 4.78 is 38.8. The van der Waals surface area contributed by atoms with Crippen LogP contribution in [0.2, 0.25) is 0 Å². The van der Waals surface area contributed by atoms with Gasteiger partial charge in [0.05, 0.1) is 0 Å². The molecule has 0 amide bonds. The summed E-state index contributed by atoms with van der Waals surface area (Å²) in [6.07, 6.45) is 11.3. The van der Waals surface area contributed by atoms with Gasteiger partial charge >= 0.3 is 0 Å². The smallest absolute Gasteiger partial charge is 0.181 e. The molecular weight excluding hydrogens is 508 g/mol. The van der Waals surface area contributed by atoms with Crippen molar-refractivity contribution in [2.45, 2.75) is 65.5 Å². The number of rotatable bonds is 10. The third-order valence-corrected chi connectivity index (χ3v) is 6.21. The zero-order valence-electron chi connectivity index (χ0n) is 23.0. The van der Waals surface area contributed by atoms with Gasteiger partial charge in [0.25, 0.3) is 0 Å². The maximum Gasteiger partial charge on any atom is 0.181 e. The van der Waals surface area contributed by atoms with Crippen LogP contribution in [-0.4, -0.2) is 17.5 Å². The lowest BCUT2D eigenvalue weighted by atomic mass is 10.1. The van der Waals surface area contributed by atoms with Crippen LogP contribution in [0.15, 0.2) is 109 Å². The molecule has 0 aliphatic rings. The number of hydrogen-bond donors (Lipinski definition) is 0. The van der Waals surface area contributed by atoms with Crippen molar-refractivity contribution in [2.75, 3.05) is 0 Å². The molecule has 4 rings (SSSR count). The van der Waals surface area contributed by atoms with E-state index in [2.05, 4.69) is 132 Å². The minimum absolute atomic E-state index is 1.10. The van der Waals surface area contributed by atoms with Gasteiger partial charge in [-0.3, -0.25) is 8.42 Å². The van der Waals surface area contributed by atoms with Crippen molar-refractivity contribution in [3.63, 3.8) is 0 Å². The van der Waals surface area contributed by atoms with Crippen molar-refractivity contribution in [1.82, 2.24) is 0 Å². The Morgan fingerprint density at radius 1 is 0.564 bits per heavy atom. The van der Waals surface area contributed by atoms with Gasteiger partial charge < -0.3 is 9.11 Å². The highest BCUT2D eigenvalue weighted by Gasteiger charge is 2.07. The maximum absolute atomic E-state index is 8.52. The fourth-order valence-electron chi connectivity index (χ4n) is 4.30. The number of aromatic nitrogens is 2. The zero-order chi connectivity index (χ0) is 28.3. The predicted molar refractivity (Wildman–Crippen MR) is 152 cm³/mol. The first kappa shape index (κ1) is 31.8. The molecule has 0 spiro atoms. The minimum Gasteiger partial charge on any atom is -0.759 e. The Morgan fingerprint density at radius 3 is 1.23 bits per heavy atom. The van der Waals surface area contributed by atoms with Crippen LogP contribution in [0.3, 0.4) is 0 Å². The summed E-state index contributed by atoms with van der Waals surface area (Å²) in [7, 11) is -5.17. The van der Waals surface area contributed by atoms with E-state index in [4.69, 9.17) is 17.5 Å². The second kappa shape index (κ2) is 18.0. The van der Waals surface area contributed by atoms with Gasteiger partial charge in [-0.1, -0.05) is 86.6 Å². The monoisotopic (exact) mass is 548 g/mol. The molecule has 2 heterocycles. The van der Waals surface area contributed by atoms with Crippen molar-refractivity contribution in [3.05, 3.63) is 132 Å². The van der Waals surface area contributed by atoms with Crippen LogP contribution in [0.25, 0.3) is 0 Å². The summed E-state index contributed by atoms with van der Waals surface area (Å²) >= 11 is 0. The van der Waals surface area contributed by atoms with E-state index in [-0.39, 0.29) is 0 Å². The summed E-state index contributed by atoms with van der Waals surface area (Å²) in [5.41, 5.74) is 5.70. The van der Waals surface area contributed by atoms with E-state index in [1.54, 1.807) is 0 Å². The molecule has 0 saturated heterocycles. The molecule has 0 N–H and O–H groups in total. The van der Waals surface area contributed by atoms with Crippen LogP contribution in [0.4, 0.5) is 0 Å². The van der Waals surface area contributed by atoms with E-state index in [1.807, 2.05) is 0 Å². The van der Waals surface area contributed by atoms with E-state index in [0.717, 1.165) is 38.8 Å². The molecule has 6 nitrogen and oxygen atoms in total. The van der Waals surface area contributed by atoms with Crippen molar-refractivity contribution >= 4 is 10.4 Å². The lowest BCUT2D eigenvalue weighted by Gasteiger charge is -2.06. The lowest BCUT2D eigenvalue weighted by Crippen LogP contribution is -2.37. The first-order valence-electron chi connectivity index (χ1n) is 13.5. The molecule has 4 aromatic rings. The highest BCUT2D eigenvalue weighted by molar-refractivity contribution is 7.79. The molecule has 0 aliphatic heterocycles. The SMILES string of the molecule is CCc1cccc[n+]1CCCc1ccccc1.CCc1cccc[n+]1CCCc1ccccc1.O=S(=O)([O-])[O-]. The third-order valence-electron chi connectivity index (χ3n) is 6.21. The van der Waals surface area contributed by atoms with E-state index >= 15 is 0 Å². The molecule has 2 aromatic heterocycles. The van der Waals surface area contributed by atoms with E-state index < -0.39 is 10.4 Å². The van der Waals surface area contributed by atoms with Crippen molar-refractivity contribution in [3.8, 4) is 0 Å². The first-order chi connectivity index (χ1) is 18.8. The Bertz CT molecular complexity index is 1220. The molecule has 0 atom stereocenters. The zero-order valence-corrected chi connectivity index (χ0v) is 23.8. The molecular formula is C32H40N2O4S. The number of nitrogens with zero attached hydrogens (tertiary/aromatic N) is 2. The second-order valence-corrected chi connectivity index (χ2v) is 9.88. The topological polar surface area (TPSA) is 88.0 Å². The van der Waals surface area contributed by atoms with Crippen LogP contribution in [0, 0.1) is 0 Å². The quantitative estimate of drug-likeness (QED) is 0.159. The van der Waals surface area contributed by atoms with Gasteiger partial charge in [0, 0.05) is 60.3 Å². The average Bonchev–Trinajstić information content (AvgIpc) is 2.94. The highest BCUT2D eigenvalue weighted by atomic mass is 32.3. The highest BCUT2D eigenvalue weighted by Crippen LogP contribution is 2.04. The van der Waals surface area contributed by atoms with Gasteiger partial charge in [0.15, 0.2) is 23.8 Å². The molecule has 39 heavy (non-hydrogen) atoms. The van der Waals surface area contributed by atoms with Gasteiger partial charge in [-0.25, -0.2) is 9.13 Å². The van der Waals surface area contributed by atoms with Crippen LogP contribution in [-0.2, 0) is 49.2 Å². The molecule has 0 unspecified atom stereocenters. The largest absolute Gasteiger partial charge is 0.759 e.